The number of hydrogen-bond acceptors (Lipinski definition) is 5. The quantitative estimate of drug-likeness (QED) is 0.357. The number of benzene rings is 3. The van der Waals surface area contributed by atoms with E-state index in [1.807, 2.05) is 0 Å². The van der Waals surface area contributed by atoms with Crippen molar-refractivity contribution in [1.82, 2.24) is 0 Å². The highest BCUT2D eigenvalue weighted by atomic mass is 19.4. The highest BCUT2D eigenvalue weighted by Crippen LogP contribution is 2.44. The number of rotatable bonds is 2. The fraction of sp³-hybridized carbons (Fsp3) is 0.0769. The van der Waals surface area contributed by atoms with Crippen LogP contribution in [0.15, 0.2) is 69.9 Å². The zero-order valence-corrected chi connectivity index (χ0v) is 17.6. The summed E-state index contributed by atoms with van der Waals surface area (Å²) in [4.78, 5) is 25.6. The van der Waals surface area contributed by atoms with E-state index in [0.717, 1.165) is 18.2 Å². The van der Waals surface area contributed by atoms with Crippen molar-refractivity contribution in [1.29, 1.82) is 0 Å². The Morgan fingerprint density at radius 2 is 1.71 bits per heavy atom. The average molecular weight is 480 g/mol. The topological polar surface area (TPSA) is 108 Å². The summed E-state index contributed by atoms with van der Waals surface area (Å²) in [7, 11) is 0. The summed E-state index contributed by atoms with van der Waals surface area (Å²) in [5.74, 6) is -3.73. The standard InChI is InChI=1S/C26H15F3O6/c27-26(28,29)19-9-12(5-8-20(19)31)22-15-4-2-1-3-14(15)17(25(33)34)11-18-23(32)16-7-6-13(30)10-21(16)35-24(18)22/h1-11,22,30-31H,(H,33,34). The molecule has 1 heterocycles. The average Bonchev–Trinajstić information content (AvgIpc) is 2.93. The van der Waals surface area contributed by atoms with E-state index < -0.39 is 34.8 Å². The van der Waals surface area contributed by atoms with Crippen LogP contribution in [0.2, 0.25) is 0 Å². The summed E-state index contributed by atoms with van der Waals surface area (Å²) in [6, 6.07) is 12.9. The fourth-order valence-corrected chi connectivity index (χ4v) is 4.39. The molecule has 0 radical (unpaired) electrons. The number of phenolic OH excluding ortho intramolecular Hbond substituents is 2. The summed E-state index contributed by atoms with van der Waals surface area (Å²) >= 11 is 0. The zero-order chi connectivity index (χ0) is 25.1. The Kier molecular flexibility index (Phi) is 4.94. The van der Waals surface area contributed by atoms with Crippen molar-refractivity contribution in [2.45, 2.75) is 12.1 Å². The zero-order valence-electron chi connectivity index (χ0n) is 17.6. The van der Waals surface area contributed by atoms with Crippen LogP contribution < -0.4 is 5.43 Å². The van der Waals surface area contributed by atoms with Crippen molar-refractivity contribution >= 4 is 28.6 Å². The van der Waals surface area contributed by atoms with Gasteiger partial charge in [-0.1, -0.05) is 30.3 Å². The summed E-state index contributed by atoms with van der Waals surface area (Å²) in [6.45, 7) is 0. The van der Waals surface area contributed by atoms with Gasteiger partial charge in [-0.2, -0.15) is 13.2 Å². The molecule has 0 saturated heterocycles. The second kappa shape index (κ2) is 7.76. The van der Waals surface area contributed by atoms with Crippen LogP contribution in [0.25, 0.3) is 22.6 Å². The third-order valence-electron chi connectivity index (χ3n) is 5.94. The molecule has 0 spiro atoms. The van der Waals surface area contributed by atoms with E-state index in [2.05, 4.69) is 0 Å². The highest BCUT2D eigenvalue weighted by molar-refractivity contribution is 6.21. The van der Waals surface area contributed by atoms with Gasteiger partial charge in [0.15, 0.2) is 5.43 Å². The van der Waals surface area contributed by atoms with Gasteiger partial charge >= 0.3 is 12.1 Å². The number of aromatic hydroxyl groups is 2. The lowest BCUT2D eigenvalue weighted by molar-refractivity contribution is -0.138. The number of alkyl halides is 3. The summed E-state index contributed by atoms with van der Waals surface area (Å²) in [5, 5.41) is 29.7. The smallest absolute Gasteiger partial charge is 0.419 e. The Hall–Kier alpha value is -4.53. The summed E-state index contributed by atoms with van der Waals surface area (Å²) in [5.41, 5.74) is -1.76. The van der Waals surface area contributed by atoms with Crippen LogP contribution in [0.4, 0.5) is 13.2 Å². The fourth-order valence-electron chi connectivity index (χ4n) is 4.39. The number of fused-ring (bicyclic) bond motifs is 3. The van der Waals surface area contributed by atoms with Gasteiger partial charge in [-0.05, 0) is 47.0 Å². The van der Waals surface area contributed by atoms with Crippen LogP contribution in [0.1, 0.15) is 39.5 Å². The van der Waals surface area contributed by atoms with Crippen LogP contribution in [0.3, 0.4) is 0 Å². The molecular formula is C26H15F3O6. The normalized spacial score (nSPS) is 15.2. The predicted molar refractivity (Wildman–Crippen MR) is 120 cm³/mol. The second-order valence-corrected chi connectivity index (χ2v) is 8.05. The molecule has 1 aliphatic carbocycles. The van der Waals surface area contributed by atoms with Crippen molar-refractivity contribution in [2.75, 3.05) is 0 Å². The largest absolute Gasteiger partial charge is 0.508 e. The van der Waals surface area contributed by atoms with Gasteiger partial charge in [-0.25, -0.2) is 4.79 Å². The third kappa shape index (κ3) is 3.61. The van der Waals surface area contributed by atoms with Gasteiger partial charge in [0, 0.05) is 6.07 Å². The maximum absolute atomic E-state index is 13.6. The molecule has 0 fully saturated rings. The van der Waals surface area contributed by atoms with Crippen molar-refractivity contribution < 1.29 is 37.7 Å². The minimum atomic E-state index is -4.87. The van der Waals surface area contributed by atoms with E-state index in [4.69, 9.17) is 4.42 Å². The molecule has 1 atom stereocenters. The Labute approximate surface area is 194 Å². The molecule has 4 aromatic rings. The lowest BCUT2D eigenvalue weighted by atomic mass is 9.84. The lowest BCUT2D eigenvalue weighted by Crippen LogP contribution is -2.14. The van der Waals surface area contributed by atoms with Crippen LogP contribution in [-0.4, -0.2) is 21.3 Å². The Bertz CT molecular complexity index is 1610. The van der Waals surface area contributed by atoms with Crippen LogP contribution in [-0.2, 0) is 11.0 Å². The van der Waals surface area contributed by atoms with E-state index in [9.17, 15) is 38.1 Å². The van der Waals surface area contributed by atoms with E-state index >= 15 is 0 Å². The van der Waals surface area contributed by atoms with Crippen molar-refractivity contribution in [2.24, 2.45) is 0 Å². The van der Waals surface area contributed by atoms with Gasteiger partial charge in [0.05, 0.1) is 28.0 Å². The molecule has 3 aromatic carbocycles. The Balaban J connectivity index is 1.93. The summed E-state index contributed by atoms with van der Waals surface area (Å²) < 4.78 is 46.8. The molecule has 0 bridgehead atoms. The molecule has 1 unspecified atom stereocenters. The van der Waals surface area contributed by atoms with Crippen LogP contribution in [0.5, 0.6) is 11.5 Å². The number of phenols is 2. The molecular weight excluding hydrogens is 465 g/mol. The van der Waals surface area contributed by atoms with Crippen LogP contribution in [0, 0.1) is 0 Å². The number of hydrogen-bond donors (Lipinski definition) is 3. The number of aliphatic carboxylic acids is 1. The number of halogens is 3. The Morgan fingerprint density at radius 1 is 0.971 bits per heavy atom. The Morgan fingerprint density at radius 3 is 2.43 bits per heavy atom. The van der Waals surface area contributed by atoms with Crippen molar-refractivity contribution in [3.63, 3.8) is 0 Å². The van der Waals surface area contributed by atoms with E-state index in [0.29, 0.717) is 5.56 Å². The first-order valence-corrected chi connectivity index (χ1v) is 10.3. The molecule has 0 amide bonds. The first-order valence-electron chi connectivity index (χ1n) is 10.3. The van der Waals surface area contributed by atoms with Crippen molar-refractivity contribution in [3.05, 3.63) is 104 Å². The number of carboxylic acids is 1. The predicted octanol–water partition coefficient (Wildman–Crippen LogP) is 5.34. The van der Waals surface area contributed by atoms with E-state index in [1.165, 1.54) is 30.3 Å². The third-order valence-corrected chi connectivity index (χ3v) is 5.94. The lowest BCUT2D eigenvalue weighted by Gasteiger charge is -2.21. The molecule has 1 aliphatic rings. The monoisotopic (exact) mass is 480 g/mol. The van der Waals surface area contributed by atoms with Gasteiger partial charge in [-0.15, -0.1) is 0 Å². The minimum absolute atomic E-state index is 0.0155. The van der Waals surface area contributed by atoms with E-state index in [-0.39, 0.29) is 44.7 Å². The molecule has 1 aromatic heterocycles. The van der Waals surface area contributed by atoms with Gasteiger partial charge in [0.1, 0.15) is 22.8 Å². The van der Waals surface area contributed by atoms with Crippen molar-refractivity contribution in [3.8, 4) is 11.5 Å². The summed E-state index contributed by atoms with van der Waals surface area (Å²) in [6.07, 6.45) is -3.71. The minimum Gasteiger partial charge on any atom is -0.508 e. The highest BCUT2D eigenvalue weighted by Gasteiger charge is 2.37. The van der Waals surface area contributed by atoms with Gasteiger partial charge < -0.3 is 19.7 Å². The second-order valence-electron chi connectivity index (χ2n) is 8.05. The van der Waals surface area contributed by atoms with E-state index in [1.54, 1.807) is 18.2 Å². The first kappa shape index (κ1) is 22.3. The molecule has 0 saturated carbocycles. The molecule has 0 aliphatic heterocycles. The van der Waals surface area contributed by atoms with Crippen LogP contribution >= 0.6 is 0 Å². The number of carboxylic acid groups (broad SMARTS) is 1. The molecule has 5 rings (SSSR count). The maximum atomic E-state index is 13.6. The SMILES string of the molecule is O=C(O)C1=Cc2c(oc3cc(O)ccc3c2=O)C(c2ccc(O)c(C(F)(F)F)c2)c2ccccc21. The van der Waals surface area contributed by atoms with Gasteiger partial charge in [0.2, 0.25) is 0 Å². The maximum Gasteiger partial charge on any atom is 0.419 e. The molecule has 176 valence electrons. The molecule has 6 nitrogen and oxygen atoms in total. The van der Waals surface area contributed by atoms with Gasteiger partial charge in [0.25, 0.3) is 0 Å². The molecule has 3 N–H and O–H groups in total. The molecule has 9 heteroatoms. The molecule has 35 heavy (non-hydrogen) atoms. The number of carbonyl (C=O) groups is 1. The first-order chi connectivity index (χ1) is 16.6. The van der Waals surface area contributed by atoms with Gasteiger partial charge in [-0.3, -0.25) is 4.79 Å².